The number of hydrogen-bond acceptors (Lipinski definition) is 3. The number of hydrogen-bond donors (Lipinski definition) is 1. The van der Waals surface area contributed by atoms with Crippen LogP contribution in [0.15, 0.2) is 22.7 Å². The van der Waals surface area contributed by atoms with Crippen molar-refractivity contribution in [1.82, 2.24) is 5.32 Å². The lowest BCUT2D eigenvalue weighted by molar-refractivity contribution is 0.699. The minimum Gasteiger partial charge on any atom is -0.367 e. The molecule has 1 aliphatic rings. The minimum absolute atomic E-state index is 0.635. The van der Waals surface area contributed by atoms with Crippen LogP contribution >= 0.6 is 27.7 Å². The Labute approximate surface area is 116 Å². The van der Waals surface area contributed by atoms with E-state index in [4.69, 9.17) is 0 Å². The number of benzene rings is 1. The van der Waals surface area contributed by atoms with Gasteiger partial charge in [0, 0.05) is 40.8 Å². The lowest BCUT2D eigenvalue weighted by Crippen LogP contribution is -2.40. The highest BCUT2D eigenvalue weighted by Crippen LogP contribution is 2.28. The Hall–Kier alpha value is -0.190. The van der Waals surface area contributed by atoms with Crippen molar-refractivity contribution in [3.8, 4) is 0 Å². The Morgan fingerprint density at radius 1 is 1.53 bits per heavy atom. The fraction of sp³-hybridized carbons (Fsp3) is 0.538. The molecule has 1 fully saturated rings. The van der Waals surface area contributed by atoms with Crippen LogP contribution in [0.25, 0.3) is 0 Å². The van der Waals surface area contributed by atoms with Crippen LogP contribution < -0.4 is 10.2 Å². The summed E-state index contributed by atoms with van der Waals surface area (Å²) in [5.74, 6) is 2.47. The average Bonchev–Trinajstić information content (AvgIpc) is 2.33. The first-order valence-corrected chi connectivity index (χ1v) is 7.94. The standard InChI is InChI=1S/C13H19BrN2S/c1-10-9-17-6-5-16(10)12-4-3-11(8-15-2)13(14)7-12/h3-4,7,10,15H,5-6,8-9H2,1-2H3. The summed E-state index contributed by atoms with van der Waals surface area (Å²) < 4.78 is 1.20. The smallest absolute Gasteiger partial charge is 0.0380 e. The summed E-state index contributed by atoms with van der Waals surface area (Å²) in [5.41, 5.74) is 2.65. The van der Waals surface area contributed by atoms with Gasteiger partial charge in [-0.1, -0.05) is 22.0 Å². The summed E-state index contributed by atoms with van der Waals surface area (Å²) in [6.07, 6.45) is 0. The molecule has 1 atom stereocenters. The first-order chi connectivity index (χ1) is 8.22. The normalized spacial score (nSPS) is 20.6. The highest BCUT2D eigenvalue weighted by atomic mass is 79.9. The lowest BCUT2D eigenvalue weighted by Gasteiger charge is -2.35. The van der Waals surface area contributed by atoms with Gasteiger partial charge in [0.1, 0.15) is 0 Å². The molecule has 1 heterocycles. The maximum atomic E-state index is 3.66. The van der Waals surface area contributed by atoms with Gasteiger partial charge < -0.3 is 10.2 Å². The van der Waals surface area contributed by atoms with E-state index in [0.29, 0.717) is 6.04 Å². The summed E-state index contributed by atoms with van der Waals surface area (Å²) >= 11 is 5.72. The molecule has 1 unspecified atom stereocenters. The zero-order valence-electron chi connectivity index (χ0n) is 10.4. The van der Waals surface area contributed by atoms with Crippen molar-refractivity contribution in [3.05, 3.63) is 28.2 Å². The van der Waals surface area contributed by atoms with E-state index in [9.17, 15) is 0 Å². The second-order valence-electron chi connectivity index (χ2n) is 4.42. The third kappa shape index (κ3) is 3.18. The van der Waals surface area contributed by atoms with E-state index in [-0.39, 0.29) is 0 Å². The molecule has 0 aliphatic carbocycles. The molecule has 0 aromatic heterocycles. The molecule has 17 heavy (non-hydrogen) atoms. The van der Waals surface area contributed by atoms with Crippen LogP contribution in [0.2, 0.25) is 0 Å². The van der Waals surface area contributed by atoms with Crippen molar-refractivity contribution in [2.24, 2.45) is 0 Å². The van der Waals surface area contributed by atoms with Gasteiger partial charge in [-0.25, -0.2) is 0 Å². The summed E-state index contributed by atoms with van der Waals surface area (Å²) in [6.45, 7) is 4.37. The van der Waals surface area contributed by atoms with Crippen molar-refractivity contribution in [2.75, 3.05) is 30.0 Å². The van der Waals surface area contributed by atoms with E-state index < -0.39 is 0 Å². The van der Waals surface area contributed by atoms with Crippen molar-refractivity contribution >= 4 is 33.4 Å². The van der Waals surface area contributed by atoms with Gasteiger partial charge in [-0.3, -0.25) is 0 Å². The summed E-state index contributed by atoms with van der Waals surface area (Å²) in [6, 6.07) is 7.34. The summed E-state index contributed by atoms with van der Waals surface area (Å²) in [7, 11) is 1.98. The molecule has 1 N–H and O–H groups in total. The molecule has 1 aromatic rings. The highest BCUT2D eigenvalue weighted by molar-refractivity contribution is 9.10. The van der Waals surface area contributed by atoms with Gasteiger partial charge in [0.25, 0.3) is 0 Å². The van der Waals surface area contributed by atoms with E-state index in [1.807, 2.05) is 7.05 Å². The molecule has 0 bridgehead atoms. The highest BCUT2D eigenvalue weighted by Gasteiger charge is 2.19. The molecule has 4 heteroatoms. The quantitative estimate of drug-likeness (QED) is 0.923. The van der Waals surface area contributed by atoms with Gasteiger partial charge in [0.2, 0.25) is 0 Å². The number of anilines is 1. The van der Waals surface area contributed by atoms with Gasteiger partial charge in [-0.2, -0.15) is 11.8 Å². The van der Waals surface area contributed by atoms with Crippen LogP contribution in [0.4, 0.5) is 5.69 Å². The minimum atomic E-state index is 0.635. The van der Waals surface area contributed by atoms with Gasteiger partial charge in [0.15, 0.2) is 0 Å². The molecule has 1 aliphatic heterocycles. The molecule has 0 saturated carbocycles. The number of nitrogens with zero attached hydrogens (tertiary/aromatic N) is 1. The van der Waals surface area contributed by atoms with Crippen molar-refractivity contribution in [2.45, 2.75) is 19.5 Å². The molecule has 1 aromatic carbocycles. The fourth-order valence-electron chi connectivity index (χ4n) is 2.16. The number of nitrogens with one attached hydrogen (secondary N) is 1. The van der Waals surface area contributed by atoms with Crippen LogP contribution in [0, 0.1) is 0 Å². The molecule has 94 valence electrons. The zero-order valence-corrected chi connectivity index (χ0v) is 12.8. The largest absolute Gasteiger partial charge is 0.367 e. The molecule has 0 amide bonds. The molecule has 0 radical (unpaired) electrons. The lowest BCUT2D eigenvalue weighted by atomic mass is 10.1. The average molecular weight is 315 g/mol. The van der Waals surface area contributed by atoms with Gasteiger partial charge in [-0.15, -0.1) is 0 Å². The Balaban J connectivity index is 2.18. The molecule has 1 saturated heterocycles. The SMILES string of the molecule is CNCc1ccc(N2CCSCC2C)cc1Br. The van der Waals surface area contributed by atoms with E-state index in [1.54, 1.807) is 0 Å². The van der Waals surface area contributed by atoms with Crippen molar-refractivity contribution in [1.29, 1.82) is 0 Å². The summed E-state index contributed by atoms with van der Waals surface area (Å²) in [5, 5.41) is 3.19. The first-order valence-electron chi connectivity index (χ1n) is 6.00. The van der Waals surface area contributed by atoms with E-state index in [1.165, 1.54) is 27.2 Å². The molecule has 2 nitrogen and oxygen atoms in total. The van der Waals surface area contributed by atoms with E-state index in [0.717, 1.165) is 13.1 Å². The molecular formula is C13H19BrN2S. The number of halogens is 1. The third-order valence-corrected chi connectivity index (χ3v) is 5.03. The molecule has 0 spiro atoms. The fourth-order valence-corrected chi connectivity index (χ4v) is 3.68. The van der Waals surface area contributed by atoms with Crippen LogP contribution in [-0.4, -0.2) is 31.1 Å². The predicted molar refractivity (Wildman–Crippen MR) is 81.0 cm³/mol. The maximum Gasteiger partial charge on any atom is 0.0380 e. The van der Waals surface area contributed by atoms with Crippen LogP contribution in [0.3, 0.4) is 0 Å². The van der Waals surface area contributed by atoms with Crippen molar-refractivity contribution < 1.29 is 0 Å². The monoisotopic (exact) mass is 314 g/mol. The predicted octanol–water partition coefficient (Wildman–Crippen LogP) is 3.11. The third-order valence-electron chi connectivity index (χ3n) is 3.10. The number of thioether (sulfide) groups is 1. The van der Waals surface area contributed by atoms with Gasteiger partial charge in [-0.05, 0) is 31.7 Å². The topological polar surface area (TPSA) is 15.3 Å². The Kier molecular flexibility index (Phi) is 4.77. The van der Waals surface area contributed by atoms with Crippen molar-refractivity contribution in [3.63, 3.8) is 0 Å². The van der Waals surface area contributed by atoms with Gasteiger partial charge >= 0.3 is 0 Å². The van der Waals surface area contributed by atoms with Crippen LogP contribution in [0.1, 0.15) is 12.5 Å². The van der Waals surface area contributed by atoms with Crippen LogP contribution in [0.5, 0.6) is 0 Å². The second-order valence-corrected chi connectivity index (χ2v) is 6.43. The molecule has 2 rings (SSSR count). The van der Waals surface area contributed by atoms with Gasteiger partial charge in [0.05, 0.1) is 0 Å². The second kappa shape index (κ2) is 6.12. The van der Waals surface area contributed by atoms with E-state index in [2.05, 4.69) is 63.0 Å². The summed E-state index contributed by atoms with van der Waals surface area (Å²) in [4.78, 5) is 2.50. The Bertz CT molecular complexity index is 384. The maximum absolute atomic E-state index is 3.66. The van der Waals surface area contributed by atoms with E-state index >= 15 is 0 Å². The number of rotatable bonds is 3. The molecular weight excluding hydrogens is 296 g/mol. The zero-order chi connectivity index (χ0) is 12.3. The Morgan fingerprint density at radius 3 is 3.00 bits per heavy atom. The van der Waals surface area contributed by atoms with Crippen LogP contribution in [-0.2, 0) is 6.54 Å². The first kappa shape index (κ1) is 13.2. The Morgan fingerprint density at radius 2 is 2.35 bits per heavy atom.